The van der Waals surface area contributed by atoms with Crippen molar-refractivity contribution in [2.45, 2.75) is 40.7 Å². The maximum atomic E-state index is 5.92. The number of nitrogens with zero attached hydrogens (tertiary/aromatic N) is 2. The minimum atomic E-state index is 0.205. The summed E-state index contributed by atoms with van der Waals surface area (Å²) < 4.78 is 8.22. The number of aryl methyl sites for hydroxylation is 1. The van der Waals surface area contributed by atoms with Gasteiger partial charge in [0, 0.05) is 6.42 Å². The quantitative estimate of drug-likeness (QED) is 0.660. The molecule has 0 aliphatic heterocycles. The Balaban J connectivity index is 1.79. The lowest BCUT2D eigenvalue weighted by molar-refractivity contribution is 0.294. The number of para-hydroxylation sites is 2. The van der Waals surface area contributed by atoms with E-state index in [-0.39, 0.29) is 5.41 Å². The lowest BCUT2D eigenvalue weighted by Gasteiger charge is -2.19. The second kappa shape index (κ2) is 6.68. The average Bonchev–Trinajstić information content (AvgIpc) is 2.85. The molecule has 0 amide bonds. The van der Waals surface area contributed by atoms with Gasteiger partial charge in [0.25, 0.3) is 0 Å². The SMILES string of the molecule is Cc1ccc(OCCn2c(CC(C)(C)C)nc3ccccc32)cc1. The Labute approximate surface area is 144 Å². The van der Waals surface area contributed by atoms with Gasteiger partial charge in [0.15, 0.2) is 0 Å². The average molecular weight is 322 g/mol. The van der Waals surface area contributed by atoms with Gasteiger partial charge in [-0.2, -0.15) is 0 Å². The van der Waals surface area contributed by atoms with Gasteiger partial charge in [-0.1, -0.05) is 50.6 Å². The number of hydrogen-bond donors (Lipinski definition) is 0. The Bertz CT molecular complexity index is 810. The third kappa shape index (κ3) is 3.97. The van der Waals surface area contributed by atoms with Crippen molar-refractivity contribution >= 4 is 11.0 Å². The molecule has 0 unspecified atom stereocenters. The fourth-order valence-corrected chi connectivity index (χ4v) is 2.87. The first kappa shape index (κ1) is 16.6. The number of aromatic nitrogens is 2. The molecule has 3 aromatic rings. The van der Waals surface area contributed by atoms with Gasteiger partial charge in [-0.05, 0) is 36.6 Å². The largest absolute Gasteiger partial charge is 0.492 e. The number of hydrogen-bond acceptors (Lipinski definition) is 2. The molecule has 0 aliphatic rings. The molecule has 0 spiro atoms. The fraction of sp³-hybridized carbons (Fsp3) is 0.381. The maximum absolute atomic E-state index is 5.92. The normalized spacial score (nSPS) is 11.8. The van der Waals surface area contributed by atoms with Crippen LogP contribution < -0.4 is 4.74 Å². The highest BCUT2D eigenvalue weighted by atomic mass is 16.5. The first-order valence-electron chi connectivity index (χ1n) is 8.56. The van der Waals surface area contributed by atoms with E-state index in [0.29, 0.717) is 6.61 Å². The van der Waals surface area contributed by atoms with E-state index in [1.807, 2.05) is 18.2 Å². The van der Waals surface area contributed by atoms with Gasteiger partial charge < -0.3 is 9.30 Å². The summed E-state index contributed by atoms with van der Waals surface area (Å²) in [6.45, 7) is 10.3. The summed E-state index contributed by atoms with van der Waals surface area (Å²) >= 11 is 0. The van der Waals surface area contributed by atoms with Crippen LogP contribution in [-0.2, 0) is 13.0 Å². The number of ether oxygens (including phenoxy) is 1. The smallest absolute Gasteiger partial charge is 0.119 e. The fourth-order valence-electron chi connectivity index (χ4n) is 2.87. The van der Waals surface area contributed by atoms with E-state index in [4.69, 9.17) is 9.72 Å². The molecule has 0 bridgehead atoms. The summed E-state index contributed by atoms with van der Waals surface area (Å²) in [6, 6.07) is 16.5. The predicted molar refractivity (Wildman–Crippen MR) is 99.6 cm³/mol. The first-order valence-corrected chi connectivity index (χ1v) is 8.56. The highest BCUT2D eigenvalue weighted by Crippen LogP contribution is 2.24. The van der Waals surface area contributed by atoms with Crippen molar-refractivity contribution in [1.29, 1.82) is 0 Å². The molecule has 0 atom stereocenters. The minimum absolute atomic E-state index is 0.205. The van der Waals surface area contributed by atoms with Crippen molar-refractivity contribution in [2.24, 2.45) is 5.41 Å². The van der Waals surface area contributed by atoms with Gasteiger partial charge in [-0.25, -0.2) is 4.98 Å². The Kier molecular flexibility index (Phi) is 4.61. The van der Waals surface area contributed by atoms with Gasteiger partial charge in [-0.15, -0.1) is 0 Å². The molecule has 0 saturated heterocycles. The number of fused-ring (bicyclic) bond motifs is 1. The topological polar surface area (TPSA) is 27.1 Å². The van der Waals surface area contributed by atoms with Crippen LogP contribution in [0.5, 0.6) is 5.75 Å². The lowest BCUT2D eigenvalue weighted by Crippen LogP contribution is -2.17. The summed E-state index contributed by atoms with van der Waals surface area (Å²) in [5, 5.41) is 0. The predicted octanol–water partition coefficient (Wildman–Crippen LogP) is 5.01. The van der Waals surface area contributed by atoms with Crippen molar-refractivity contribution in [3.8, 4) is 5.75 Å². The van der Waals surface area contributed by atoms with E-state index in [1.54, 1.807) is 0 Å². The second-order valence-electron chi connectivity index (χ2n) is 7.57. The molecule has 0 saturated carbocycles. The van der Waals surface area contributed by atoms with Crippen LogP contribution in [0.3, 0.4) is 0 Å². The van der Waals surface area contributed by atoms with Crippen molar-refractivity contribution in [3.63, 3.8) is 0 Å². The van der Waals surface area contributed by atoms with E-state index in [9.17, 15) is 0 Å². The van der Waals surface area contributed by atoms with Crippen molar-refractivity contribution in [3.05, 3.63) is 59.9 Å². The van der Waals surface area contributed by atoms with Crippen molar-refractivity contribution in [2.75, 3.05) is 6.61 Å². The molecular formula is C21H26N2O. The molecule has 0 fully saturated rings. The first-order chi connectivity index (χ1) is 11.4. The summed E-state index contributed by atoms with van der Waals surface area (Å²) in [5.74, 6) is 2.05. The Hall–Kier alpha value is -2.29. The van der Waals surface area contributed by atoms with Crippen molar-refractivity contribution in [1.82, 2.24) is 9.55 Å². The molecular weight excluding hydrogens is 296 g/mol. The third-order valence-corrected chi connectivity index (χ3v) is 4.03. The summed E-state index contributed by atoms with van der Waals surface area (Å²) in [7, 11) is 0. The molecule has 1 heterocycles. The highest BCUT2D eigenvalue weighted by molar-refractivity contribution is 5.75. The molecule has 126 valence electrons. The standard InChI is InChI=1S/C21H26N2O/c1-16-9-11-17(12-10-16)24-14-13-23-19-8-6-5-7-18(19)22-20(23)15-21(2,3)4/h5-12H,13-15H2,1-4H3. The molecule has 24 heavy (non-hydrogen) atoms. The van der Waals surface area contributed by atoms with Crippen LogP contribution in [0.2, 0.25) is 0 Å². The van der Waals surface area contributed by atoms with Crippen LogP contribution in [0.25, 0.3) is 11.0 Å². The van der Waals surface area contributed by atoms with Crippen LogP contribution >= 0.6 is 0 Å². The van der Waals surface area contributed by atoms with Gasteiger partial charge >= 0.3 is 0 Å². The van der Waals surface area contributed by atoms with Crippen LogP contribution in [0.4, 0.5) is 0 Å². The van der Waals surface area contributed by atoms with E-state index < -0.39 is 0 Å². The van der Waals surface area contributed by atoms with Gasteiger partial charge in [0.1, 0.15) is 18.2 Å². The summed E-state index contributed by atoms with van der Waals surface area (Å²) in [4.78, 5) is 4.84. The van der Waals surface area contributed by atoms with Crippen LogP contribution in [0.1, 0.15) is 32.2 Å². The van der Waals surface area contributed by atoms with Crippen LogP contribution in [0, 0.1) is 12.3 Å². The molecule has 0 N–H and O–H groups in total. The highest BCUT2D eigenvalue weighted by Gasteiger charge is 2.18. The zero-order chi connectivity index (χ0) is 17.2. The third-order valence-electron chi connectivity index (χ3n) is 4.03. The summed E-state index contributed by atoms with van der Waals surface area (Å²) in [6.07, 6.45) is 0.951. The van der Waals surface area contributed by atoms with Gasteiger partial charge in [-0.3, -0.25) is 0 Å². The van der Waals surface area contributed by atoms with Gasteiger partial charge in [0.05, 0.1) is 17.6 Å². The number of rotatable bonds is 5. The lowest BCUT2D eigenvalue weighted by atomic mass is 9.92. The monoisotopic (exact) mass is 322 g/mol. The molecule has 2 aromatic carbocycles. The van der Waals surface area contributed by atoms with E-state index in [2.05, 4.69) is 62.6 Å². The molecule has 1 aromatic heterocycles. The van der Waals surface area contributed by atoms with Crippen molar-refractivity contribution < 1.29 is 4.74 Å². The number of imidazole rings is 1. The van der Waals surface area contributed by atoms with E-state index >= 15 is 0 Å². The van der Waals surface area contributed by atoms with E-state index in [0.717, 1.165) is 30.1 Å². The van der Waals surface area contributed by atoms with E-state index in [1.165, 1.54) is 11.1 Å². The maximum Gasteiger partial charge on any atom is 0.119 e. The Morgan fingerprint density at radius 3 is 2.42 bits per heavy atom. The zero-order valence-corrected chi connectivity index (χ0v) is 15.0. The van der Waals surface area contributed by atoms with Crippen LogP contribution in [-0.4, -0.2) is 16.2 Å². The number of benzene rings is 2. The molecule has 0 aliphatic carbocycles. The Morgan fingerprint density at radius 2 is 1.71 bits per heavy atom. The second-order valence-corrected chi connectivity index (χ2v) is 7.57. The summed E-state index contributed by atoms with van der Waals surface area (Å²) in [5.41, 5.74) is 3.70. The molecule has 3 nitrogen and oxygen atoms in total. The van der Waals surface area contributed by atoms with Gasteiger partial charge in [0.2, 0.25) is 0 Å². The Morgan fingerprint density at radius 1 is 1.00 bits per heavy atom. The minimum Gasteiger partial charge on any atom is -0.492 e. The van der Waals surface area contributed by atoms with Crippen LogP contribution in [0.15, 0.2) is 48.5 Å². The molecule has 3 heteroatoms. The molecule has 0 radical (unpaired) electrons. The zero-order valence-electron chi connectivity index (χ0n) is 15.0. The molecule has 3 rings (SSSR count).